The Hall–Kier alpha value is -2.92. The molecule has 0 aliphatic carbocycles. The molecule has 5 heteroatoms. The quantitative estimate of drug-likeness (QED) is 0.343. The second kappa shape index (κ2) is 11.6. The normalized spacial score (nSPS) is 10.7. The van der Waals surface area contributed by atoms with E-state index in [-0.39, 0.29) is 11.8 Å². The molecule has 2 aromatic carbocycles. The van der Waals surface area contributed by atoms with E-state index in [2.05, 4.69) is 23.1 Å². The number of hydrogen-bond acceptors (Lipinski definition) is 3. The maximum Gasteiger partial charge on any atom is 0.265 e. The fourth-order valence-corrected chi connectivity index (χ4v) is 2.44. The number of rotatable bonds is 10. The van der Waals surface area contributed by atoms with E-state index in [0.717, 1.165) is 36.9 Å². The Labute approximate surface area is 160 Å². The van der Waals surface area contributed by atoms with Crippen molar-refractivity contribution in [3.8, 4) is 0 Å². The van der Waals surface area contributed by atoms with Crippen molar-refractivity contribution in [1.29, 1.82) is 0 Å². The zero-order chi connectivity index (χ0) is 19.3. The van der Waals surface area contributed by atoms with Crippen LogP contribution >= 0.6 is 0 Å². The van der Waals surface area contributed by atoms with Gasteiger partial charge in [0.1, 0.15) is 0 Å². The molecule has 0 atom stereocenters. The number of hydrogen-bond donors (Lipinski definition) is 3. The molecular weight excluding hydrogens is 338 g/mol. The van der Waals surface area contributed by atoms with Crippen molar-refractivity contribution in [1.82, 2.24) is 16.2 Å². The minimum Gasteiger partial charge on any atom is -0.348 e. The molecule has 0 radical (unpaired) electrons. The van der Waals surface area contributed by atoms with Crippen LogP contribution in [0.5, 0.6) is 0 Å². The number of benzene rings is 2. The van der Waals surface area contributed by atoms with E-state index in [1.165, 1.54) is 6.08 Å². The SMILES string of the molecule is CCCCCNNC(=O)c1ccc(CNC(=O)C=Cc2ccccc2)cc1. The Morgan fingerprint density at radius 2 is 1.70 bits per heavy atom. The van der Waals surface area contributed by atoms with Gasteiger partial charge in [0.05, 0.1) is 0 Å². The molecule has 0 aliphatic rings. The van der Waals surface area contributed by atoms with Gasteiger partial charge in [-0.1, -0.05) is 62.2 Å². The minimum absolute atomic E-state index is 0.156. The molecule has 2 rings (SSSR count). The van der Waals surface area contributed by atoms with Crippen LogP contribution in [0.25, 0.3) is 6.08 Å². The lowest BCUT2D eigenvalue weighted by atomic mass is 10.1. The predicted octanol–water partition coefficient (Wildman–Crippen LogP) is 3.44. The van der Waals surface area contributed by atoms with E-state index < -0.39 is 0 Å². The highest BCUT2D eigenvalue weighted by Gasteiger charge is 2.05. The molecule has 0 heterocycles. The molecule has 0 aliphatic heterocycles. The van der Waals surface area contributed by atoms with Crippen molar-refractivity contribution < 1.29 is 9.59 Å². The first-order chi connectivity index (χ1) is 13.2. The summed E-state index contributed by atoms with van der Waals surface area (Å²) in [5.41, 5.74) is 8.12. The lowest BCUT2D eigenvalue weighted by Gasteiger charge is -2.08. The van der Waals surface area contributed by atoms with Crippen LogP contribution in [0.1, 0.15) is 47.7 Å². The van der Waals surface area contributed by atoms with Crippen LogP contribution in [-0.4, -0.2) is 18.4 Å². The van der Waals surface area contributed by atoms with Crippen LogP contribution < -0.4 is 16.2 Å². The van der Waals surface area contributed by atoms with E-state index in [9.17, 15) is 9.59 Å². The Kier molecular flexibility index (Phi) is 8.80. The van der Waals surface area contributed by atoms with Gasteiger partial charge in [0.15, 0.2) is 0 Å². The third-order valence-corrected chi connectivity index (χ3v) is 4.02. The van der Waals surface area contributed by atoms with Gasteiger partial charge in [0.2, 0.25) is 5.91 Å². The number of carbonyl (C=O) groups excluding carboxylic acids is 2. The molecule has 0 spiro atoms. The highest BCUT2D eigenvalue weighted by molar-refractivity contribution is 5.94. The summed E-state index contributed by atoms with van der Waals surface area (Å²) in [4.78, 5) is 23.9. The van der Waals surface area contributed by atoms with Crippen LogP contribution in [0.15, 0.2) is 60.7 Å². The van der Waals surface area contributed by atoms with Gasteiger partial charge in [-0.3, -0.25) is 15.0 Å². The summed E-state index contributed by atoms with van der Waals surface area (Å²) in [5.74, 6) is -0.315. The zero-order valence-electron chi connectivity index (χ0n) is 15.7. The zero-order valence-corrected chi connectivity index (χ0v) is 15.7. The van der Waals surface area contributed by atoms with Gasteiger partial charge in [-0.2, -0.15) is 0 Å². The van der Waals surface area contributed by atoms with Gasteiger partial charge in [-0.15, -0.1) is 0 Å². The third kappa shape index (κ3) is 7.88. The molecule has 0 unspecified atom stereocenters. The van der Waals surface area contributed by atoms with Gasteiger partial charge in [-0.25, -0.2) is 5.43 Å². The number of hydrazine groups is 1. The van der Waals surface area contributed by atoms with E-state index >= 15 is 0 Å². The van der Waals surface area contributed by atoms with Crippen LogP contribution in [0.2, 0.25) is 0 Å². The van der Waals surface area contributed by atoms with E-state index in [0.29, 0.717) is 12.1 Å². The number of carbonyl (C=O) groups is 2. The number of unbranched alkanes of at least 4 members (excludes halogenated alkanes) is 2. The van der Waals surface area contributed by atoms with Crippen molar-refractivity contribution >= 4 is 17.9 Å². The minimum atomic E-state index is -0.159. The smallest absolute Gasteiger partial charge is 0.265 e. The molecule has 0 fully saturated rings. The average molecular weight is 365 g/mol. The van der Waals surface area contributed by atoms with E-state index in [1.807, 2.05) is 42.5 Å². The topological polar surface area (TPSA) is 70.2 Å². The number of nitrogens with one attached hydrogen (secondary N) is 3. The van der Waals surface area contributed by atoms with Crippen LogP contribution in [0.4, 0.5) is 0 Å². The summed E-state index contributed by atoms with van der Waals surface area (Å²) in [5, 5.41) is 2.83. The molecule has 0 saturated heterocycles. The second-order valence-corrected chi connectivity index (χ2v) is 6.25. The number of amides is 2. The van der Waals surface area contributed by atoms with Crippen molar-refractivity contribution in [3.05, 3.63) is 77.4 Å². The maximum absolute atomic E-state index is 12.0. The summed E-state index contributed by atoms with van der Waals surface area (Å²) < 4.78 is 0. The van der Waals surface area contributed by atoms with Gasteiger partial charge >= 0.3 is 0 Å². The monoisotopic (exact) mass is 365 g/mol. The summed E-state index contributed by atoms with van der Waals surface area (Å²) in [6, 6.07) is 16.9. The first-order valence-electron chi connectivity index (χ1n) is 9.32. The molecule has 2 amide bonds. The van der Waals surface area contributed by atoms with Crippen molar-refractivity contribution in [2.24, 2.45) is 0 Å². The Bertz CT molecular complexity index is 740. The first kappa shape index (κ1) is 20.4. The molecule has 5 nitrogen and oxygen atoms in total. The van der Waals surface area contributed by atoms with Crippen LogP contribution in [-0.2, 0) is 11.3 Å². The second-order valence-electron chi connectivity index (χ2n) is 6.25. The summed E-state index contributed by atoms with van der Waals surface area (Å²) in [7, 11) is 0. The van der Waals surface area contributed by atoms with Crippen molar-refractivity contribution in [2.45, 2.75) is 32.7 Å². The summed E-state index contributed by atoms with van der Waals surface area (Å²) >= 11 is 0. The van der Waals surface area contributed by atoms with Crippen molar-refractivity contribution in [2.75, 3.05) is 6.54 Å². The van der Waals surface area contributed by atoms with Gasteiger partial charge in [-0.05, 0) is 35.8 Å². The summed E-state index contributed by atoms with van der Waals surface area (Å²) in [6.07, 6.45) is 6.62. The highest BCUT2D eigenvalue weighted by Crippen LogP contribution is 2.05. The molecule has 3 N–H and O–H groups in total. The largest absolute Gasteiger partial charge is 0.348 e. The van der Waals surface area contributed by atoms with Gasteiger partial charge in [0.25, 0.3) is 5.91 Å². The van der Waals surface area contributed by atoms with Crippen LogP contribution in [0, 0.1) is 0 Å². The Balaban J connectivity index is 1.74. The molecule has 142 valence electrons. The Morgan fingerprint density at radius 3 is 2.41 bits per heavy atom. The fraction of sp³-hybridized carbons (Fsp3) is 0.273. The fourth-order valence-electron chi connectivity index (χ4n) is 2.44. The molecule has 0 saturated carbocycles. The lowest BCUT2D eigenvalue weighted by molar-refractivity contribution is -0.116. The van der Waals surface area contributed by atoms with Crippen molar-refractivity contribution in [3.63, 3.8) is 0 Å². The highest BCUT2D eigenvalue weighted by atomic mass is 16.2. The maximum atomic E-state index is 12.0. The average Bonchev–Trinajstić information content (AvgIpc) is 2.71. The molecule has 2 aromatic rings. The third-order valence-electron chi connectivity index (χ3n) is 4.02. The lowest BCUT2D eigenvalue weighted by Crippen LogP contribution is -2.37. The molecule has 0 bridgehead atoms. The Morgan fingerprint density at radius 1 is 0.963 bits per heavy atom. The van der Waals surface area contributed by atoms with Gasteiger partial charge < -0.3 is 5.32 Å². The van der Waals surface area contributed by atoms with E-state index in [1.54, 1.807) is 18.2 Å². The first-order valence-corrected chi connectivity index (χ1v) is 9.32. The van der Waals surface area contributed by atoms with E-state index in [4.69, 9.17) is 0 Å². The summed E-state index contributed by atoms with van der Waals surface area (Å²) in [6.45, 7) is 3.32. The molecular formula is C22H27N3O2. The predicted molar refractivity (Wildman–Crippen MR) is 109 cm³/mol. The molecule has 0 aromatic heterocycles. The van der Waals surface area contributed by atoms with Gasteiger partial charge in [0, 0.05) is 24.7 Å². The standard InChI is InChI=1S/C22H27N3O2/c1-2-3-7-16-24-25-22(27)20-13-10-19(11-14-20)17-23-21(26)15-12-18-8-5-4-6-9-18/h4-6,8-15,24H,2-3,7,16-17H2,1H3,(H,23,26)(H,25,27). The van der Waals surface area contributed by atoms with Crippen LogP contribution in [0.3, 0.4) is 0 Å². The molecule has 27 heavy (non-hydrogen) atoms.